The number of aromatic nitrogens is 1. The molecule has 1 amide bonds. The average Bonchev–Trinajstić information content (AvgIpc) is 2.81. The highest BCUT2D eigenvalue weighted by Crippen LogP contribution is 2.21. The number of benzene rings is 1. The van der Waals surface area contributed by atoms with Crippen LogP contribution in [0.2, 0.25) is 5.02 Å². The van der Waals surface area contributed by atoms with Crippen LogP contribution < -0.4 is 11.1 Å². The number of amides is 1. The summed E-state index contributed by atoms with van der Waals surface area (Å²) in [6, 6.07) is 7.08. The van der Waals surface area contributed by atoms with E-state index in [0.717, 1.165) is 5.01 Å². The van der Waals surface area contributed by atoms with Crippen LogP contribution in [-0.2, 0) is 6.42 Å². The Labute approximate surface area is 114 Å². The molecule has 0 saturated carbocycles. The van der Waals surface area contributed by atoms with Crippen LogP contribution in [-0.4, -0.2) is 17.4 Å². The first kappa shape index (κ1) is 13.0. The van der Waals surface area contributed by atoms with E-state index >= 15 is 0 Å². The Hall–Kier alpha value is -1.43. The summed E-state index contributed by atoms with van der Waals surface area (Å²) in [4.78, 5) is 16.1. The lowest BCUT2D eigenvalue weighted by Crippen LogP contribution is -2.13. The van der Waals surface area contributed by atoms with E-state index in [1.807, 2.05) is 6.07 Å². The molecule has 1 heterocycles. The lowest BCUT2D eigenvalue weighted by atomic mass is 10.3. The molecule has 18 heavy (non-hydrogen) atoms. The zero-order chi connectivity index (χ0) is 13.0. The predicted molar refractivity (Wildman–Crippen MR) is 74.3 cm³/mol. The summed E-state index contributed by atoms with van der Waals surface area (Å²) in [6.45, 7) is 0.527. The van der Waals surface area contributed by atoms with Gasteiger partial charge in [-0.25, -0.2) is 4.98 Å². The molecule has 0 aliphatic carbocycles. The molecule has 0 aliphatic rings. The van der Waals surface area contributed by atoms with E-state index in [4.69, 9.17) is 17.3 Å². The number of carbonyl (C=O) groups is 1. The van der Waals surface area contributed by atoms with E-state index in [1.165, 1.54) is 11.3 Å². The number of nitrogens with one attached hydrogen (secondary N) is 1. The van der Waals surface area contributed by atoms with Gasteiger partial charge in [-0.2, -0.15) is 0 Å². The molecule has 0 spiro atoms. The van der Waals surface area contributed by atoms with E-state index in [-0.39, 0.29) is 5.91 Å². The first-order valence-electron chi connectivity index (χ1n) is 5.41. The van der Waals surface area contributed by atoms with Crippen molar-refractivity contribution in [2.75, 3.05) is 11.9 Å². The van der Waals surface area contributed by atoms with Crippen molar-refractivity contribution in [2.45, 2.75) is 6.42 Å². The van der Waals surface area contributed by atoms with Gasteiger partial charge in [0, 0.05) is 11.8 Å². The van der Waals surface area contributed by atoms with Crippen molar-refractivity contribution in [2.24, 2.45) is 5.73 Å². The van der Waals surface area contributed by atoms with Crippen LogP contribution in [0.5, 0.6) is 0 Å². The topological polar surface area (TPSA) is 68.0 Å². The third-order valence-corrected chi connectivity index (χ3v) is 3.50. The highest BCUT2D eigenvalue weighted by atomic mass is 35.5. The third-order valence-electron chi connectivity index (χ3n) is 2.26. The highest BCUT2D eigenvalue weighted by Gasteiger charge is 2.11. The fourth-order valence-corrected chi connectivity index (χ4v) is 2.38. The fourth-order valence-electron chi connectivity index (χ4n) is 1.40. The summed E-state index contributed by atoms with van der Waals surface area (Å²) in [5, 5.41) is 5.81. The van der Waals surface area contributed by atoms with Gasteiger partial charge >= 0.3 is 0 Å². The SMILES string of the molecule is NCCc1nc(C(=O)Nc2ccccc2Cl)cs1. The van der Waals surface area contributed by atoms with Crippen molar-refractivity contribution in [1.82, 2.24) is 4.98 Å². The molecule has 0 atom stereocenters. The van der Waals surface area contributed by atoms with Crippen molar-refractivity contribution in [3.63, 3.8) is 0 Å². The van der Waals surface area contributed by atoms with Gasteiger partial charge in [0.05, 0.1) is 15.7 Å². The zero-order valence-corrected chi connectivity index (χ0v) is 11.1. The molecule has 1 aromatic heterocycles. The Kier molecular flexibility index (Phi) is 4.30. The zero-order valence-electron chi connectivity index (χ0n) is 9.52. The normalized spacial score (nSPS) is 10.3. The molecule has 2 aromatic rings. The fraction of sp³-hybridized carbons (Fsp3) is 0.167. The second-order valence-corrected chi connectivity index (χ2v) is 4.95. The first-order chi connectivity index (χ1) is 8.70. The molecular weight excluding hydrogens is 270 g/mol. The first-order valence-corrected chi connectivity index (χ1v) is 6.67. The smallest absolute Gasteiger partial charge is 0.275 e. The minimum absolute atomic E-state index is 0.261. The largest absolute Gasteiger partial charge is 0.330 e. The molecular formula is C12H12ClN3OS. The summed E-state index contributed by atoms with van der Waals surface area (Å²) in [6.07, 6.45) is 0.685. The van der Waals surface area contributed by atoms with Crippen LogP contribution in [0.25, 0.3) is 0 Å². The van der Waals surface area contributed by atoms with Crippen LogP contribution >= 0.6 is 22.9 Å². The highest BCUT2D eigenvalue weighted by molar-refractivity contribution is 7.09. The predicted octanol–water partition coefficient (Wildman–Crippen LogP) is 2.55. The van der Waals surface area contributed by atoms with Gasteiger partial charge < -0.3 is 11.1 Å². The number of hydrogen-bond donors (Lipinski definition) is 2. The summed E-state index contributed by atoms with van der Waals surface area (Å²) in [7, 11) is 0. The van der Waals surface area contributed by atoms with Crippen molar-refractivity contribution in [1.29, 1.82) is 0 Å². The van der Waals surface area contributed by atoms with Crippen LogP contribution in [0.3, 0.4) is 0 Å². The number of hydrogen-bond acceptors (Lipinski definition) is 4. The van der Waals surface area contributed by atoms with Gasteiger partial charge in [-0.05, 0) is 18.7 Å². The van der Waals surface area contributed by atoms with Gasteiger partial charge in [-0.1, -0.05) is 23.7 Å². The maximum Gasteiger partial charge on any atom is 0.275 e. The molecule has 4 nitrogen and oxygen atoms in total. The molecule has 0 unspecified atom stereocenters. The standard InChI is InChI=1S/C12H12ClN3OS/c13-8-3-1-2-4-9(8)16-12(17)10-7-18-11(15-10)5-6-14/h1-4,7H,5-6,14H2,(H,16,17). The van der Waals surface area contributed by atoms with Gasteiger partial charge in [-0.3, -0.25) is 4.79 Å². The maximum absolute atomic E-state index is 11.9. The number of nitrogens with zero attached hydrogens (tertiary/aromatic N) is 1. The van der Waals surface area contributed by atoms with Gasteiger partial charge in [0.2, 0.25) is 0 Å². The number of para-hydroxylation sites is 1. The molecule has 3 N–H and O–H groups in total. The molecule has 2 rings (SSSR count). The lowest BCUT2D eigenvalue weighted by molar-refractivity contribution is 0.102. The molecule has 1 aromatic carbocycles. The Morgan fingerprint density at radius 1 is 1.44 bits per heavy atom. The van der Waals surface area contributed by atoms with Crippen molar-refractivity contribution >= 4 is 34.5 Å². The van der Waals surface area contributed by atoms with Crippen molar-refractivity contribution in [3.05, 3.63) is 45.4 Å². The Morgan fingerprint density at radius 3 is 2.94 bits per heavy atom. The lowest BCUT2D eigenvalue weighted by Gasteiger charge is -2.04. The average molecular weight is 282 g/mol. The third kappa shape index (κ3) is 3.07. The number of nitrogens with two attached hydrogens (primary N) is 1. The van der Waals surface area contributed by atoms with Crippen LogP contribution in [0.1, 0.15) is 15.5 Å². The maximum atomic E-state index is 11.9. The van der Waals surface area contributed by atoms with E-state index in [9.17, 15) is 4.79 Å². The summed E-state index contributed by atoms with van der Waals surface area (Å²) in [5.74, 6) is -0.261. The Morgan fingerprint density at radius 2 is 2.22 bits per heavy atom. The van der Waals surface area contributed by atoms with E-state index in [0.29, 0.717) is 29.4 Å². The molecule has 0 radical (unpaired) electrons. The second kappa shape index (κ2) is 5.95. The molecule has 94 valence electrons. The molecule has 0 fully saturated rings. The van der Waals surface area contributed by atoms with E-state index < -0.39 is 0 Å². The van der Waals surface area contributed by atoms with E-state index in [2.05, 4.69) is 10.3 Å². The minimum atomic E-state index is -0.261. The number of halogens is 1. The second-order valence-electron chi connectivity index (χ2n) is 3.60. The quantitative estimate of drug-likeness (QED) is 0.905. The van der Waals surface area contributed by atoms with Crippen molar-refractivity contribution < 1.29 is 4.79 Å². The number of carbonyl (C=O) groups excluding carboxylic acids is 1. The Bertz CT molecular complexity index is 556. The van der Waals surface area contributed by atoms with Crippen molar-refractivity contribution in [3.8, 4) is 0 Å². The molecule has 0 saturated heterocycles. The number of anilines is 1. The van der Waals surface area contributed by atoms with Gasteiger partial charge in [0.1, 0.15) is 5.69 Å². The summed E-state index contributed by atoms with van der Waals surface area (Å²) >= 11 is 7.39. The van der Waals surface area contributed by atoms with Crippen LogP contribution in [0.4, 0.5) is 5.69 Å². The molecule has 0 aliphatic heterocycles. The molecule has 6 heteroatoms. The van der Waals surface area contributed by atoms with Gasteiger partial charge in [0.25, 0.3) is 5.91 Å². The van der Waals surface area contributed by atoms with Crippen LogP contribution in [0.15, 0.2) is 29.6 Å². The minimum Gasteiger partial charge on any atom is -0.330 e. The van der Waals surface area contributed by atoms with Gasteiger partial charge in [0.15, 0.2) is 0 Å². The molecule has 0 bridgehead atoms. The number of thiazole rings is 1. The monoisotopic (exact) mass is 281 g/mol. The van der Waals surface area contributed by atoms with Crippen LogP contribution in [0, 0.1) is 0 Å². The van der Waals surface area contributed by atoms with Gasteiger partial charge in [-0.15, -0.1) is 11.3 Å². The Balaban J connectivity index is 2.10. The number of rotatable bonds is 4. The summed E-state index contributed by atoms with van der Waals surface area (Å²) < 4.78 is 0. The summed E-state index contributed by atoms with van der Waals surface area (Å²) in [5.41, 5.74) is 6.41. The van der Waals surface area contributed by atoms with E-state index in [1.54, 1.807) is 23.6 Å².